The number of nitrogens with one attached hydrogen (secondary N) is 1. The van der Waals surface area contributed by atoms with Crippen LogP contribution in [0.2, 0.25) is 5.02 Å². The fraction of sp³-hybridized carbons (Fsp3) is 0.250. The van der Waals surface area contributed by atoms with Crippen molar-refractivity contribution in [1.29, 1.82) is 0 Å². The van der Waals surface area contributed by atoms with Gasteiger partial charge in [0.05, 0.1) is 29.8 Å². The number of fused-ring (bicyclic) bond motifs is 2. The minimum Gasteiger partial charge on any atom is -0.454 e. The SMILES string of the molecule is COCCn1c(SCC(=O)Nc2ccc3c(c2)OCO3)nc2cc(Cl)ccc2c1=O. The minimum absolute atomic E-state index is 0.0694. The van der Waals surface area contributed by atoms with Crippen LogP contribution >= 0.6 is 23.4 Å². The first-order valence-corrected chi connectivity index (χ1v) is 10.4. The third kappa shape index (κ3) is 4.38. The predicted molar refractivity (Wildman–Crippen MR) is 115 cm³/mol. The van der Waals surface area contributed by atoms with Crippen molar-refractivity contribution in [2.24, 2.45) is 0 Å². The molecule has 0 fully saturated rings. The third-order valence-corrected chi connectivity index (χ3v) is 5.60. The van der Waals surface area contributed by atoms with Crippen LogP contribution in [0.4, 0.5) is 5.69 Å². The maximum absolute atomic E-state index is 12.9. The van der Waals surface area contributed by atoms with Gasteiger partial charge >= 0.3 is 0 Å². The number of methoxy groups -OCH3 is 1. The van der Waals surface area contributed by atoms with Crippen LogP contribution in [0.1, 0.15) is 0 Å². The highest BCUT2D eigenvalue weighted by Crippen LogP contribution is 2.34. The molecule has 1 N–H and O–H groups in total. The lowest BCUT2D eigenvalue weighted by atomic mass is 10.2. The number of thioether (sulfide) groups is 1. The van der Waals surface area contributed by atoms with Crippen LogP contribution in [-0.4, -0.2) is 41.7 Å². The van der Waals surface area contributed by atoms with Crippen LogP contribution in [0.15, 0.2) is 46.3 Å². The number of carbonyl (C=O) groups is 1. The first-order valence-electron chi connectivity index (χ1n) is 9.06. The van der Waals surface area contributed by atoms with Gasteiger partial charge in [-0.15, -0.1) is 0 Å². The summed E-state index contributed by atoms with van der Waals surface area (Å²) in [4.78, 5) is 29.9. The molecule has 1 aromatic heterocycles. The molecular weight excluding hydrogens is 430 g/mol. The molecule has 0 unspecified atom stereocenters. The molecule has 2 heterocycles. The number of hydrogen-bond acceptors (Lipinski definition) is 7. The van der Waals surface area contributed by atoms with E-state index >= 15 is 0 Å². The van der Waals surface area contributed by atoms with Crippen LogP contribution in [0.25, 0.3) is 10.9 Å². The molecule has 0 saturated heterocycles. The van der Waals surface area contributed by atoms with E-state index in [1.807, 2.05) is 0 Å². The van der Waals surface area contributed by atoms with E-state index in [0.29, 0.717) is 51.4 Å². The quantitative estimate of drug-likeness (QED) is 0.439. The molecule has 1 aliphatic heterocycles. The zero-order valence-corrected chi connectivity index (χ0v) is 17.6. The van der Waals surface area contributed by atoms with Gasteiger partial charge in [-0.1, -0.05) is 23.4 Å². The average molecular weight is 448 g/mol. The highest BCUT2D eigenvalue weighted by atomic mass is 35.5. The van der Waals surface area contributed by atoms with E-state index in [-0.39, 0.29) is 24.0 Å². The first kappa shape index (κ1) is 20.5. The number of anilines is 1. The van der Waals surface area contributed by atoms with Gasteiger partial charge in [-0.25, -0.2) is 4.98 Å². The molecule has 30 heavy (non-hydrogen) atoms. The van der Waals surface area contributed by atoms with Crippen LogP contribution < -0.4 is 20.3 Å². The molecule has 0 spiro atoms. The Morgan fingerprint density at radius 3 is 2.93 bits per heavy atom. The van der Waals surface area contributed by atoms with Crippen LogP contribution in [0, 0.1) is 0 Å². The van der Waals surface area contributed by atoms with E-state index < -0.39 is 0 Å². The second kappa shape index (κ2) is 8.95. The zero-order chi connectivity index (χ0) is 21.1. The van der Waals surface area contributed by atoms with Crippen LogP contribution in [-0.2, 0) is 16.1 Å². The molecule has 10 heteroatoms. The van der Waals surface area contributed by atoms with Crippen LogP contribution in [0.3, 0.4) is 0 Å². The normalized spacial score (nSPS) is 12.3. The Balaban J connectivity index is 1.53. The lowest BCUT2D eigenvalue weighted by Crippen LogP contribution is -2.26. The summed E-state index contributed by atoms with van der Waals surface area (Å²) >= 11 is 7.22. The molecule has 2 aromatic carbocycles. The molecule has 0 saturated carbocycles. The van der Waals surface area contributed by atoms with Gasteiger partial charge < -0.3 is 19.5 Å². The van der Waals surface area contributed by atoms with Gasteiger partial charge in [-0.3, -0.25) is 14.2 Å². The number of hydrogen-bond donors (Lipinski definition) is 1. The van der Waals surface area contributed by atoms with Gasteiger partial charge in [0, 0.05) is 23.9 Å². The Hall–Kier alpha value is -2.75. The summed E-state index contributed by atoms with van der Waals surface area (Å²) in [7, 11) is 1.56. The summed E-state index contributed by atoms with van der Waals surface area (Å²) < 4.78 is 17.2. The number of aromatic nitrogens is 2. The molecule has 0 bridgehead atoms. The summed E-state index contributed by atoms with van der Waals surface area (Å²) in [5.41, 5.74) is 0.882. The molecule has 4 rings (SSSR count). The monoisotopic (exact) mass is 447 g/mol. The molecule has 1 aliphatic rings. The topological polar surface area (TPSA) is 91.7 Å². The van der Waals surface area contributed by atoms with Crippen molar-refractivity contribution in [3.8, 4) is 11.5 Å². The van der Waals surface area contributed by atoms with Crippen LogP contribution in [0.5, 0.6) is 11.5 Å². The number of amides is 1. The lowest BCUT2D eigenvalue weighted by molar-refractivity contribution is -0.113. The van der Waals surface area contributed by atoms with Gasteiger partial charge in [0.15, 0.2) is 16.7 Å². The van der Waals surface area contributed by atoms with Crippen molar-refractivity contribution >= 4 is 45.9 Å². The van der Waals surface area contributed by atoms with Crippen molar-refractivity contribution in [1.82, 2.24) is 9.55 Å². The van der Waals surface area contributed by atoms with Crippen molar-refractivity contribution in [2.45, 2.75) is 11.7 Å². The van der Waals surface area contributed by atoms with Gasteiger partial charge in [-0.05, 0) is 30.3 Å². The number of carbonyl (C=O) groups excluding carboxylic acids is 1. The summed E-state index contributed by atoms with van der Waals surface area (Å²) in [6, 6.07) is 10.1. The predicted octanol–water partition coefficient (Wildman–Crippen LogP) is 3.16. The highest BCUT2D eigenvalue weighted by Gasteiger charge is 2.16. The Bertz CT molecular complexity index is 1170. The highest BCUT2D eigenvalue weighted by molar-refractivity contribution is 7.99. The van der Waals surface area contributed by atoms with E-state index in [4.69, 9.17) is 25.8 Å². The third-order valence-electron chi connectivity index (χ3n) is 4.39. The second-order valence-corrected chi connectivity index (χ2v) is 7.79. The molecule has 8 nitrogen and oxygen atoms in total. The summed E-state index contributed by atoms with van der Waals surface area (Å²) in [5.74, 6) is 1.06. The van der Waals surface area contributed by atoms with E-state index in [2.05, 4.69) is 10.3 Å². The Morgan fingerprint density at radius 2 is 2.10 bits per heavy atom. The maximum Gasteiger partial charge on any atom is 0.262 e. The van der Waals surface area contributed by atoms with E-state index in [0.717, 1.165) is 0 Å². The standard InChI is InChI=1S/C20H18ClN3O5S/c1-27-7-6-24-19(26)14-4-2-12(21)8-15(14)23-20(24)30-10-18(25)22-13-3-5-16-17(9-13)29-11-28-16/h2-5,8-9H,6-7,10-11H2,1H3,(H,22,25). The van der Waals surface area contributed by atoms with Gasteiger partial charge in [0.1, 0.15) is 0 Å². The van der Waals surface area contributed by atoms with Crippen molar-refractivity contribution in [3.05, 3.63) is 51.8 Å². The summed E-state index contributed by atoms with van der Waals surface area (Å²) in [6.45, 7) is 0.837. The number of nitrogens with zero attached hydrogens (tertiary/aromatic N) is 2. The second-order valence-electron chi connectivity index (χ2n) is 6.41. The first-order chi connectivity index (χ1) is 14.5. The fourth-order valence-electron chi connectivity index (χ4n) is 2.97. The van der Waals surface area contributed by atoms with Gasteiger partial charge in [0.25, 0.3) is 5.56 Å². The summed E-state index contributed by atoms with van der Waals surface area (Å²) in [6.07, 6.45) is 0. The number of ether oxygens (including phenoxy) is 3. The summed E-state index contributed by atoms with van der Waals surface area (Å²) in [5, 5.41) is 4.18. The zero-order valence-electron chi connectivity index (χ0n) is 16.0. The van der Waals surface area contributed by atoms with Crippen molar-refractivity contribution in [2.75, 3.05) is 31.6 Å². The fourth-order valence-corrected chi connectivity index (χ4v) is 3.96. The molecule has 0 atom stereocenters. The molecule has 1 amide bonds. The Labute approximate surface area is 181 Å². The largest absolute Gasteiger partial charge is 0.454 e. The number of rotatable bonds is 7. The molecule has 3 aromatic rings. The lowest BCUT2D eigenvalue weighted by Gasteiger charge is -2.13. The minimum atomic E-state index is -0.238. The smallest absolute Gasteiger partial charge is 0.262 e. The van der Waals surface area contributed by atoms with E-state index in [1.54, 1.807) is 43.5 Å². The van der Waals surface area contributed by atoms with E-state index in [9.17, 15) is 9.59 Å². The molecule has 0 aliphatic carbocycles. The number of halogens is 1. The number of benzene rings is 2. The van der Waals surface area contributed by atoms with Gasteiger partial charge in [0.2, 0.25) is 12.7 Å². The maximum atomic E-state index is 12.9. The average Bonchev–Trinajstić information content (AvgIpc) is 3.19. The molecule has 156 valence electrons. The van der Waals surface area contributed by atoms with Crippen molar-refractivity contribution < 1.29 is 19.0 Å². The Morgan fingerprint density at radius 1 is 1.27 bits per heavy atom. The van der Waals surface area contributed by atoms with Gasteiger partial charge in [-0.2, -0.15) is 0 Å². The molecular formula is C20H18ClN3O5S. The Kier molecular flexibility index (Phi) is 6.12. The van der Waals surface area contributed by atoms with Crippen molar-refractivity contribution in [3.63, 3.8) is 0 Å². The van der Waals surface area contributed by atoms with E-state index in [1.165, 1.54) is 16.3 Å². The molecule has 0 radical (unpaired) electrons.